The first-order valence-corrected chi connectivity index (χ1v) is 10.1. The van der Waals surface area contributed by atoms with Gasteiger partial charge in [0.1, 0.15) is 0 Å². The van der Waals surface area contributed by atoms with E-state index in [2.05, 4.69) is 36.7 Å². The molecule has 0 spiro atoms. The van der Waals surface area contributed by atoms with Crippen molar-refractivity contribution in [2.24, 2.45) is 5.10 Å². The highest BCUT2D eigenvalue weighted by Gasteiger charge is 2.12. The predicted octanol–water partition coefficient (Wildman–Crippen LogP) is 2.38. The molecule has 1 aromatic rings. The third-order valence-corrected chi connectivity index (χ3v) is 4.63. The number of nitrogens with zero attached hydrogens (tertiary/aromatic N) is 2. The fraction of sp³-hybridized carbons (Fsp3) is 0.556. The van der Waals surface area contributed by atoms with E-state index in [1.165, 1.54) is 0 Å². The van der Waals surface area contributed by atoms with Gasteiger partial charge in [-0.1, -0.05) is 0 Å². The van der Waals surface area contributed by atoms with E-state index in [0.29, 0.717) is 16.6 Å². The molecule has 150 valence electrons. The maximum atomic E-state index is 5.78. The number of halogens is 1. The van der Waals surface area contributed by atoms with Crippen LogP contribution in [0.2, 0.25) is 0 Å². The number of rotatable bonds is 8. The van der Waals surface area contributed by atoms with Gasteiger partial charge in [0.25, 0.3) is 0 Å². The summed E-state index contributed by atoms with van der Waals surface area (Å²) < 4.78 is 17.3. The van der Waals surface area contributed by atoms with Gasteiger partial charge < -0.3 is 19.5 Å². The second-order valence-electron chi connectivity index (χ2n) is 6.28. The molecule has 0 atom stereocenters. The Morgan fingerprint density at radius 3 is 2.81 bits per heavy atom. The average Bonchev–Trinajstić information content (AvgIpc) is 2.64. The monoisotopic (exact) mass is 458 g/mol. The largest absolute Gasteiger partial charge is 0.493 e. The molecule has 0 aliphatic carbocycles. The molecule has 2 rings (SSSR count). The summed E-state index contributed by atoms with van der Waals surface area (Å²) in [6.45, 7) is 9.16. The van der Waals surface area contributed by atoms with Crippen molar-refractivity contribution in [1.82, 2.24) is 15.6 Å². The maximum Gasteiger partial charge on any atom is 0.187 e. The Kier molecular flexibility index (Phi) is 9.26. The molecule has 1 fully saturated rings. The molecule has 0 unspecified atom stereocenters. The van der Waals surface area contributed by atoms with E-state index in [1.54, 1.807) is 13.3 Å². The molecule has 9 heteroatoms. The zero-order valence-corrected chi connectivity index (χ0v) is 18.4. The highest BCUT2D eigenvalue weighted by atomic mass is 79.9. The molecule has 1 heterocycles. The van der Waals surface area contributed by atoms with E-state index in [1.807, 2.05) is 26.0 Å². The smallest absolute Gasteiger partial charge is 0.187 e. The van der Waals surface area contributed by atoms with Crippen LogP contribution in [0.3, 0.4) is 0 Å². The van der Waals surface area contributed by atoms with Gasteiger partial charge in [0, 0.05) is 26.2 Å². The fourth-order valence-electron chi connectivity index (χ4n) is 2.52. The molecule has 0 aromatic heterocycles. The van der Waals surface area contributed by atoms with Crippen molar-refractivity contribution in [3.63, 3.8) is 0 Å². The summed E-state index contributed by atoms with van der Waals surface area (Å²) in [5, 5.41) is 7.83. The van der Waals surface area contributed by atoms with E-state index in [4.69, 9.17) is 26.4 Å². The number of morpholine rings is 1. The van der Waals surface area contributed by atoms with Gasteiger partial charge in [-0.15, -0.1) is 0 Å². The molecule has 1 aliphatic heterocycles. The number of hydrogen-bond acceptors (Lipinski definition) is 6. The molecule has 2 N–H and O–H groups in total. The summed E-state index contributed by atoms with van der Waals surface area (Å²) in [7, 11) is 1.61. The third kappa shape index (κ3) is 7.61. The van der Waals surface area contributed by atoms with Crippen molar-refractivity contribution in [3.05, 3.63) is 22.2 Å². The van der Waals surface area contributed by atoms with E-state index in [-0.39, 0.29) is 6.10 Å². The van der Waals surface area contributed by atoms with Crippen LogP contribution < -0.4 is 20.2 Å². The first kappa shape index (κ1) is 21.9. The van der Waals surface area contributed by atoms with Crippen LogP contribution >= 0.6 is 28.1 Å². The molecular weight excluding hydrogens is 432 g/mol. The van der Waals surface area contributed by atoms with Crippen molar-refractivity contribution < 1.29 is 14.2 Å². The van der Waals surface area contributed by atoms with Gasteiger partial charge in [0.2, 0.25) is 0 Å². The number of hydrogen-bond donors (Lipinski definition) is 2. The SMILES string of the molecule is COc1cc(/C=N/NC(=S)NCCN2CCOCC2)cc(Br)c1OC(C)C. The maximum absolute atomic E-state index is 5.78. The molecule has 0 bridgehead atoms. The zero-order chi connectivity index (χ0) is 19.6. The minimum absolute atomic E-state index is 0.0531. The van der Waals surface area contributed by atoms with E-state index >= 15 is 0 Å². The molecule has 1 aromatic carbocycles. The van der Waals surface area contributed by atoms with Crippen LogP contribution in [-0.2, 0) is 4.74 Å². The second kappa shape index (κ2) is 11.4. The molecule has 27 heavy (non-hydrogen) atoms. The van der Waals surface area contributed by atoms with Crippen molar-refractivity contribution in [3.8, 4) is 11.5 Å². The molecule has 0 saturated carbocycles. The van der Waals surface area contributed by atoms with E-state index < -0.39 is 0 Å². The summed E-state index contributed by atoms with van der Waals surface area (Å²) in [6.07, 6.45) is 1.74. The quantitative estimate of drug-likeness (QED) is 0.352. The fourth-order valence-corrected chi connectivity index (χ4v) is 3.23. The van der Waals surface area contributed by atoms with Crippen LogP contribution in [-0.4, -0.2) is 68.8 Å². The lowest BCUT2D eigenvalue weighted by atomic mass is 10.2. The van der Waals surface area contributed by atoms with Gasteiger partial charge in [-0.2, -0.15) is 5.10 Å². The Labute approximate surface area is 174 Å². The highest BCUT2D eigenvalue weighted by Crippen LogP contribution is 2.36. The molecule has 1 saturated heterocycles. The third-order valence-electron chi connectivity index (χ3n) is 3.80. The summed E-state index contributed by atoms with van der Waals surface area (Å²) in [5.41, 5.74) is 3.69. The predicted molar refractivity (Wildman–Crippen MR) is 115 cm³/mol. The number of methoxy groups -OCH3 is 1. The molecule has 0 amide bonds. The lowest BCUT2D eigenvalue weighted by molar-refractivity contribution is 0.0389. The Bertz CT molecular complexity index is 652. The molecule has 7 nitrogen and oxygen atoms in total. The average molecular weight is 459 g/mol. The summed E-state index contributed by atoms with van der Waals surface area (Å²) >= 11 is 8.77. The lowest BCUT2D eigenvalue weighted by Gasteiger charge is -2.26. The van der Waals surface area contributed by atoms with Crippen LogP contribution in [0.1, 0.15) is 19.4 Å². The van der Waals surface area contributed by atoms with Gasteiger partial charge in [-0.05, 0) is 59.7 Å². The zero-order valence-electron chi connectivity index (χ0n) is 16.0. The van der Waals surface area contributed by atoms with Gasteiger partial charge >= 0.3 is 0 Å². The van der Waals surface area contributed by atoms with Crippen LogP contribution in [0, 0.1) is 0 Å². The first-order chi connectivity index (χ1) is 13.0. The summed E-state index contributed by atoms with van der Waals surface area (Å²) in [6, 6.07) is 3.78. The number of benzene rings is 1. The normalized spacial score (nSPS) is 15.1. The summed E-state index contributed by atoms with van der Waals surface area (Å²) in [4.78, 5) is 2.34. The topological polar surface area (TPSA) is 67.4 Å². The van der Waals surface area contributed by atoms with Crippen molar-refractivity contribution in [1.29, 1.82) is 0 Å². The lowest BCUT2D eigenvalue weighted by Crippen LogP contribution is -2.42. The van der Waals surface area contributed by atoms with Gasteiger partial charge in [-0.25, -0.2) is 0 Å². The van der Waals surface area contributed by atoms with Crippen LogP contribution in [0.4, 0.5) is 0 Å². The van der Waals surface area contributed by atoms with Gasteiger partial charge in [0.05, 0.1) is 37.1 Å². The van der Waals surface area contributed by atoms with Crippen molar-refractivity contribution >= 4 is 39.5 Å². The highest BCUT2D eigenvalue weighted by molar-refractivity contribution is 9.10. The Morgan fingerprint density at radius 1 is 1.41 bits per heavy atom. The Morgan fingerprint density at radius 2 is 2.15 bits per heavy atom. The minimum atomic E-state index is 0.0531. The van der Waals surface area contributed by atoms with Crippen LogP contribution in [0.5, 0.6) is 11.5 Å². The van der Waals surface area contributed by atoms with Gasteiger partial charge in [-0.3, -0.25) is 10.3 Å². The number of nitrogens with one attached hydrogen (secondary N) is 2. The number of ether oxygens (including phenoxy) is 3. The molecular formula is C18H27BrN4O3S. The van der Waals surface area contributed by atoms with E-state index in [0.717, 1.165) is 49.4 Å². The Hall–Kier alpha value is -1.42. The second-order valence-corrected chi connectivity index (χ2v) is 7.54. The van der Waals surface area contributed by atoms with E-state index in [9.17, 15) is 0 Å². The number of hydrazone groups is 1. The standard InChI is InChI=1S/C18H27BrN4O3S/c1-13(2)26-17-15(19)10-14(11-16(17)24-3)12-21-22-18(27)20-4-5-23-6-8-25-9-7-23/h10-13H,4-9H2,1-3H3,(H2,20,22,27)/b21-12+. The van der Waals surface area contributed by atoms with Crippen molar-refractivity contribution in [2.75, 3.05) is 46.5 Å². The van der Waals surface area contributed by atoms with Crippen LogP contribution in [0.15, 0.2) is 21.7 Å². The number of thiocarbonyl (C=S) groups is 1. The molecule has 0 radical (unpaired) electrons. The molecule has 1 aliphatic rings. The van der Waals surface area contributed by atoms with Crippen LogP contribution in [0.25, 0.3) is 0 Å². The van der Waals surface area contributed by atoms with Gasteiger partial charge in [0.15, 0.2) is 16.6 Å². The Balaban J connectivity index is 1.82. The first-order valence-electron chi connectivity index (χ1n) is 8.90. The summed E-state index contributed by atoms with van der Waals surface area (Å²) in [5.74, 6) is 1.32. The minimum Gasteiger partial charge on any atom is -0.493 e. The van der Waals surface area contributed by atoms with Crippen molar-refractivity contribution in [2.45, 2.75) is 20.0 Å².